The second kappa shape index (κ2) is 7.55. The Kier molecular flexibility index (Phi) is 5.48. The number of amides is 1. The number of hydrogen-bond acceptors (Lipinski definition) is 2. The van der Waals surface area contributed by atoms with Gasteiger partial charge in [0.2, 0.25) is 5.91 Å². The number of hydrogen-bond donors (Lipinski definition) is 1. The van der Waals surface area contributed by atoms with E-state index in [0.29, 0.717) is 5.56 Å². The monoisotopic (exact) mass is 295 g/mol. The van der Waals surface area contributed by atoms with Crippen LogP contribution in [-0.2, 0) is 11.2 Å². The molecule has 0 atom stereocenters. The lowest BCUT2D eigenvalue weighted by Gasteiger charge is -2.08. The van der Waals surface area contributed by atoms with Gasteiger partial charge < -0.3 is 5.32 Å². The third-order valence-electron chi connectivity index (χ3n) is 3.68. The van der Waals surface area contributed by atoms with E-state index in [1.165, 1.54) is 5.56 Å². The number of nitrogens with one attached hydrogen (secondary N) is 1. The van der Waals surface area contributed by atoms with Crippen molar-refractivity contribution in [3.05, 3.63) is 65.2 Å². The maximum absolute atomic E-state index is 12.1. The van der Waals surface area contributed by atoms with Gasteiger partial charge in [0.1, 0.15) is 0 Å². The highest BCUT2D eigenvalue weighted by atomic mass is 16.2. The van der Waals surface area contributed by atoms with E-state index in [9.17, 15) is 9.59 Å². The average molecular weight is 295 g/mol. The van der Waals surface area contributed by atoms with Gasteiger partial charge in [-0.05, 0) is 30.5 Å². The van der Waals surface area contributed by atoms with Crippen LogP contribution in [0.4, 0.5) is 5.69 Å². The van der Waals surface area contributed by atoms with Crippen LogP contribution >= 0.6 is 0 Å². The van der Waals surface area contributed by atoms with Crippen molar-refractivity contribution in [2.24, 2.45) is 0 Å². The minimum Gasteiger partial charge on any atom is -0.326 e. The van der Waals surface area contributed by atoms with Gasteiger partial charge in [-0.2, -0.15) is 0 Å². The fraction of sp³-hybridized carbons (Fsp3) is 0.263. The summed E-state index contributed by atoms with van der Waals surface area (Å²) in [7, 11) is 0. The first kappa shape index (κ1) is 16.0. The van der Waals surface area contributed by atoms with Gasteiger partial charge in [-0.25, -0.2) is 0 Å². The number of Topliss-reactive ketones (excluding diaryl/α,β-unsaturated/α-hetero) is 1. The number of anilines is 1. The predicted molar refractivity (Wildman–Crippen MR) is 89.2 cm³/mol. The average Bonchev–Trinajstić information content (AvgIpc) is 2.55. The molecule has 0 fully saturated rings. The Balaban J connectivity index is 1.87. The van der Waals surface area contributed by atoms with Crippen molar-refractivity contribution in [2.45, 2.75) is 33.1 Å². The number of carbonyl (C=O) groups excluding carboxylic acids is 2. The summed E-state index contributed by atoms with van der Waals surface area (Å²) in [4.78, 5) is 24.0. The highest BCUT2D eigenvalue weighted by Gasteiger charge is 2.10. The highest BCUT2D eigenvalue weighted by Crippen LogP contribution is 2.14. The molecule has 0 heterocycles. The van der Waals surface area contributed by atoms with Crippen LogP contribution in [0.5, 0.6) is 0 Å². The van der Waals surface area contributed by atoms with Crippen molar-refractivity contribution in [2.75, 3.05) is 5.32 Å². The van der Waals surface area contributed by atoms with Crippen LogP contribution < -0.4 is 5.32 Å². The largest absolute Gasteiger partial charge is 0.326 e. The van der Waals surface area contributed by atoms with Crippen LogP contribution in [0.25, 0.3) is 0 Å². The molecule has 0 unspecified atom stereocenters. The molecule has 3 heteroatoms. The SMILES string of the molecule is CCc1ccc(C(=O)CCC(=O)Nc2ccccc2C)cc1. The van der Waals surface area contributed by atoms with Gasteiger partial charge in [0, 0.05) is 24.1 Å². The normalized spacial score (nSPS) is 10.3. The molecule has 1 N–H and O–H groups in total. The molecule has 0 aliphatic heterocycles. The molecule has 0 radical (unpaired) electrons. The number of para-hydroxylation sites is 1. The van der Waals surface area contributed by atoms with Crippen LogP contribution in [0.15, 0.2) is 48.5 Å². The van der Waals surface area contributed by atoms with E-state index in [1.807, 2.05) is 55.5 Å². The minimum atomic E-state index is -0.132. The number of aryl methyl sites for hydroxylation is 2. The molecule has 114 valence electrons. The fourth-order valence-corrected chi connectivity index (χ4v) is 2.22. The summed E-state index contributed by atoms with van der Waals surface area (Å²) in [5.41, 5.74) is 3.68. The Morgan fingerprint density at radius 1 is 0.955 bits per heavy atom. The molecule has 0 saturated heterocycles. The second-order valence-electron chi connectivity index (χ2n) is 5.34. The zero-order valence-electron chi connectivity index (χ0n) is 13.1. The Morgan fingerprint density at radius 2 is 1.64 bits per heavy atom. The lowest BCUT2D eigenvalue weighted by molar-refractivity contribution is -0.116. The molecule has 1 amide bonds. The van der Waals surface area contributed by atoms with Gasteiger partial charge in [-0.15, -0.1) is 0 Å². The lowest BCUT2D eigenvalue weighted by Crippen LogP contribution is -2.14. The van der Waals surface area contributed by atoms with Gasteiger partial charge in [0.05, 0.1) is 0 Å². The Morgan fingerprint density at radius 3 is 2.27 bits per heavy atom. The van der Waals surface area contributed by atoms with Crippen molar-refractivity contribution < 1.29 is 9.59 Å². The molecular formula is C19H21NO2. The van der Waals surface area contributed by atoms with E-state index in [1.54, 1.807) is 0 Å². The summed E-state index contributed by atoms with van der Waals surface area (Å²) in [6.45, 7) is 4.02. The van der Waals surface area contributed by atoms with Gasteiger partial charge >= 0.3 is 0 Å². The number of ketones is 1. The van der Waals surface area contributed by atoms with Crippen molar-refractivity contribution in [3.8, 4) is 0 Å². The topological polar surface area (TPSA) is 46.2 Å². The first-order valence-corrected chi connectivity index (χ1v) is 7.57. The molecular weight excluding hydrogens is 274 g/mol. The van der Waals surface area contributed by atoms with Gasteiger partial charge in [0.15, 0.2) is 5.78 Å². The van der Waals surface area contributed by atoms with Crippen LogP contribution in [0.3, 0.4) is 0 Å². The summed E-state index contributed by atoms with van der Waals surface area (Å²) in [5, 5.41) is 2.84. The molecule has 2 rings (SSSR count). The fourth-order valence-electron chi connectivity index (χ4n) is 2.22. The van der Waals surface area contributed by atoms with Crippen molar-refractivity contribution >= 4 is 17.4 Å². The third-order valence-corrected chi connectivity index (χ3v) is 3.68. The zero-order chi connectivity index (χ0) is 15.9. The zero-order valence-corrected chi connectivity index (χ0v) is 13.1. The van der Waals surface area contributed by atoms with Gasteiger partial charge in [-0.1, -0.05) is 49.4 Å². The van der Waals surface area contributed by atoms with Crippen LogP contribution in [0.2, 0.25) is 0 Å². The first-order valence-electron chi connectivity index (χ1n) is 7.57. The lowest BCUT2D eigenvalue weighted by atomic mass is 10.0. The number of carbonyl (C=O) groups is 2. The van der Waals surface area contributed by atoms with E-state index in [2.05, 4.69) is 12.2 Å². The molecule has 0 aliphatic rings. The Bertz CT molecular complexity index is 659. The van der Waals surface area contributed by atoms with Crippen LogP contribution in [0, 0.1) is 6.92 Å². The van der Waals surface area contributed by atoms with Gasteiger partial charge in [0.25, 0.3) is 0 Å². The molecule has 2 aromatic rings. The Hall–Kier alpha value is -2.42. The van der Waals surface area contributed by atoms with E-state index in [4.69, 9.17) is 0 Å². The van der Waals surface area contributed by atoms with Gasteiger partial charge in [-0.3, -0.25) is 9.59 Å². The molecule has 2 aromatic carbocycles. The van der Waals surface area contributed by atoms with Crippen LogP contribution in [-0.4, -0.2) is 11.7 Å². The summed E-state index contributed by atoms with van der Waals surface area (Å²) in [6.07, 6.45) is 1.37. The van der Waals surface area contributed by atoms with E-state index < -0.39 is 0 Å². The second-order valence-corrected chi connectivity index (χ2v) is 5.34. The maximum Gasteiger partial charge on any atom is 0.224 e. The molecule has 0 aromatic heterocycles. The Labute approximate surface area is 131 Å². The van der Waals surface area contributed by atoms with Crippen molar-refractivity contribution in [1.29, 1.82) is 0 Å². The molecule has 0 spiro atoms. The summed E-state index contributed by atoms with van der Waals surface area (Å²) >= 11 is 0. The van der Waals surface area contributed by atoms with Crippen molar-refractivity contribution in [1.82, 2.24) is 0 Å². The van der Waals surface area contributed by atoms with E-state index >= 15 is 0 Å². The molecule has 0 saturated carbocycles. The molecule has 22 heavy (non-hydrogen) atoms. The minimum absolute atomic E-state index is 0.00240. The van der Waals surface area contributed by atoms with Crippen LogP contribution in [0.1, 0.15) is 41.3 Å². The highest BCUT2D eigenvalue weighted by molar-refractivity contribution is 6.00. The number of rotatable bonds is 6. The summed E-state index contributed by atoms with van der Waals surface area (Å²) < 4.78 is 0. The standard InChI is InChI=1S/C19H21NO2/c1-3-15-8-10-16(11-9-15)18(21)12-13-19(22)20-17-7-5-4-6-14(17)2/h4-11H,3,12-13H2,1-2H3,(H,20,22). The summed E-state index contributed by atoms with van der Waals surface area (Å²) in [5.74, 6) is -0.129. The predicted octanol–water partition coefficient (Wildman–Crippen LogP) is 4.16. The van der Waals surface area contributed by atoms with E-state index in [-0.39, 0.29) is 24.5 Å². The van der Waals surface area contributed by atoms with E-state index in [0.717, 1.165) is 17.7 Å². The van der Waals surface area contributed by atoms with Crippen molar-refractivity contribution in [3.63, 3.8) is 0 Å². The molecule has 0 aliphatic carbocycles. The number of benzene rings is 2. The maximum atomic E-state index is 12.1. The first-order chi connectivity index (χ1) is 10.6. The molecule has 0 bridgehead atoms. The summed E-state index contributed by atoms with van der Waals surface area (Å²) in [6, 6.07) is 15.2. The third kappa shape index (κ3) is 4.29. The molecule has 3 nitrogen and oxygen atoms in total. The quantitative estimate of drug-likeness (QED) is 0.813. The smallest absolute Gasteiger partial charge is 0.224 e.